The lowest BCUT2D eigenvalue weighted by molar-refractivity contribution is -0.133. The van der Waals surface area contributed by atoms with Crippen molar-refractivity contribution in [2.45, 2.75) is 76.7 Å². The third-order valence-electron chi connectivity index (χ3n) is 9.20. The zero-order valence-corrected chi connectivity index (χ0v) is 28.2. The van der Waals surface area contributed by atoms with Crippen molar-refractivity contribution in [3.05, 3.63) is 90.3 Å². The molecular formula is C36H47N7O2S. The zero-order valence-electron chi connectivity index (χ0n) is 27.4. The number of pyridine rings is 1. The highest BCUT2D eigenvalue weighted by molar-refractivity contribution is 7.80. The minimum atomic E-state index is -0.471. The molecule has 9 nitrogen and oxygen atoms in total. The standard InChI is InChI=1S/C36H47N7O2S/c1-25(2)33(34(44)41(3)23-27-15-9-6-10-16-27)40-35(46)38-29-17-11-12-18-30(29)39-36(45)43-24-28(21-26-13-7-5-8-14-26)42(4)31-19-20-37-22-32(31)43/h5-10,13-16,19-20,22,25,28-30,33H,11-12,17-18,21,23-24H2,1-4H3,(H,39,45)(H2,38,40,46)/t28-,29-,30-,33-/m1/s1. The van der Waals surface area contributed by atoms with E-state index in [0.717, 1.165) is 49.0 Å². The fraction of sp³-hybridized carbons (Fsp3) is 0.444. The van der Waals surface area contributed by atoms with E-state index in [-0.39, 0.29) is 36.0 Å². The summed E-state index contributed by atoms with van der Waals surface area (Å²) in [7, 11) is 3.91. The molecule has 2 aromatic carbocycles. The Hall–Kier alpha value is -4.18. The lowest BCUT2D eigenvalue weighted by Crippen LogP contribution is -2.61. The quantitative estimate of drug-likeness (QED) is 0.280. The summed E-state index contributed by atoms with van der Waals surface area (Å²) in [5, 5.41) is 10.6. The predicted molar refractivity (Wildman–Crippen MR) is 189 cm³/mol. The van der Waals surface area contributed by atoms with Gasteiger partial charge in [0.2, 0.25) is 5.91 Å². The number of fused-ring (bicyclic) bond motifs is 1. The second-order valence-corrected chi connectivity index (χ2v) is 13.3. The molecule has 46 heavy (non-hydrogen) atoms. The molecule has 1 aliphatic heterocycles. The van der Waals surface area contributed by atoms with Gasteiger partial charge < -0.3 is 25.8 Å². The van der Waals surface area contributed by atoms with E-state index in [9.17, 15) is 9.59 Å². The summed E-state index contributed by atoms with van der Waals surface area (Å²) in [5.74, 6) is 0.0194. The molecule has 10 heteroatoms. The number of nitrogens with zero attached hydrogens (tertiary/aromatic N) is 4. The smallest absolute Gasteiger partial charge is 0.322 e. The highest BCUT2D eigenvalue weighted by atomic mass is 32.1. The molecule has 0 unspecified atom stereocenters. The van der Waals surface area contributed by atoms with Gasteiger partial charge in [-0.25, -0.2) is 4.79 Å². The van der Waals surface area contributed by atoms with E-state index >= 15 is 0 Å². The van der Waals surface area contributed by atoms with Crippen LogP contribution in [0.5, 0.6) is 0 Å². The van der Waals surface area contributed by atoms with Crippen LogP contribution in [0.2, 0.25) is 0 Å². The van der Waals surface area contributed by atoms with Crippen molar-refractivity contribution in [3.8, 4) is 0 Å². The SMILES string of the molecule is CC(C)[C@@H](NC(=S)N[C@@H]1CCCC[C@H]1NC(=O)N1C[C@@H](Cc2ccccc2)N(C)c2ccncc21)C(=O)N(C)Cc1ccccc1. The van der Waals surface area contributed by atoms with Crippen LogP contribution in [0.15, 0.2) is 79.1 Å². The first-order chi connectivity index (χ1) is 22.2. The second kappa shape index (κ2) is 15.4. The fourth-order valence-corrected chi connectivity index (χ4v) is 6.82. The molecule has 5 rings (SSSR count). The van der Waals surface area contributed by atoms with Crippen LogP contribution in [-0.2, 0) is 17.8 Å². The van der Waals surface area contributed by atoms with Gasteiger partial charge in [-0.2, -0.15) is 0 Å². The minimum Gasteiger partial charge on any atom is -0.368 e. The van der Waals surface area contributed by atoms with Gasteiger partial charge in [-0.15, -0.1) is 0 Å². The molecule has 0 bridgehead atoms. The molecule has 244 valence electrons. The van der Waals surface area contributed by atoms with Gasteiger partial charge in [0.05, 0.1) is 29.7 Å². The van der Waals surface area contributed by atoms with E-state index in [0.29, 0.717) is 18.2 Å². The lowest BCUT2D eigenvalue weighted by atomic mass is 9.90. The highest BCUT2D eigenvalue weighted by Crippen LogP contribution is 2.35. The number of benzene rings is 2. The van der Waals surface area contributed by atoms with E-state index in [1.165, 1.54) is 5.56 Å². The zero-order chi connectivity index (χ0) is 32.6. The summed E-state index contributed by atoms with van der Waals surface area (Å²) in [5.41, 5.74) is 4.11. The molecule has 4 atom stereocenters. The van der Waals surface area contributed by atoms with E-state index in [4.69, 9.17) is 12.2 Å². The maximum absolute atomic E-state index is 14.0. The number of nitrogens with one attached hydrogen (secondary N) is 3. The Labute approximate surface area is 278 Å². The number of likely N-dealkylation sites (N-methyl/N-ethyl adjacent to an activating group) is 2. The minimum absolute atomic E-state index is 0.0103. The van der Waals surface area contributed by atoms with Gasteiger partial charge >= 0.3 is 6.03 Å². The topological polar surface area (TPSA) is 92.8 Å². The van der Waals surface area contributed by atoms with Crippen LogP contribution in [0.25, 0.3) is 0 Å². The van der Waals surface area contributed by atoms with Gasteiger partial charge in [0.15, 0.2) is 5.11 Å². The Morgan fingerprint density at radius 3 is 2.22 bits per heavy atom. The van der Waals surface area contributed by atoms with Crippen molar-refractivity contribution < 1.29 is 9.59 Å². The number of anilines is 2. The van der Waals surface area contributed by atoms with Crippen molar-refractivity contribution in [2.75, 3.05) is 30.4 Å². The van der Waals surface area contributed by atoms with Gasteiger partial charge in [0.25, 0.3) is 0 Å². The van der Waals surface area contributed by atoms with Crippen molar-refractivity contribution in [2.24, 2.45) is 5.92 Å². The molecule has 1 aromatic heterocycles. The van der Waals surface area contributed by atoms with Crippen LogP contribution in [0.1, 0.15) is 50.7 Å². The Morgan fingerprint density at radius 2 is 1.57 bits per heavy atom. The molecule has 1 saturated carbocycles. The second-order valence-electron chi connectivity index (χ2n) is 12.9. The summed E-state index contributed by atoms with van der Waals surface area (Å²) >= 11 is 5.77. The van der Waals surface area contributed by atoms with Crippen LogP contribution in [0.4, 0.5) is 16.2 Å². The Morgan fingerprint density at radius 1 is 0.935 bits per heavy atom. The number of carbonyl (C=O) groups is 2. The Bertz CT molecular complexity index is 1470. The van der Waals surface area contributed by atoms with Crippen LogP contribution in [0, 0.1) is 5.92 Å². The number of hydrogen-bond donors (Lipinski definition) is 3. The fourth-order valence-electron chi connectivity index (χ4n) is 6.54. The van der Waals surface area contributed by atoms with Gasteiger partial charge in [-0.1, -0.05) is 87.4 Å². The average Bonchev–Trinajstić information content (AvgIpc) is 3.06. The molecule has 2 heterocycles. The molecule has 1 fully saturated rings. The first kappa shape index (κ1) is 33.2. The number of hydrogen-bond acceptors (Lipinski definition) is 5. The van der Waals surface area contributed by atoms with E-state index in [1.54, 1.807) is 17.3 Å². The number of aromatic nitrogens is 1. The number of thiocarbonyl (C=S) groups is 1. The van der Waals surface area contributed by atoms with Crippen molar-refractivity contribution >= 4 is 40.6 Å². The van der Waals surface area contributed by atoms with Crippen LogP contribution in [-0.4, -0.2) is 71.7 Å². The highest BCUT2D eigenvalue weighted by Gasteiger charge is 2.35. The summed E-state index contributed by atoms with van der Waals surface area (Å²) in [4.78, 5) is 37.7. The monoisotopic (exact) mass is 641 g/mol. The van der Waals surface area contributed by atoms with Crippen molar-refractivity contribution in [1.29, 1.82) is 0 Å². The van der Waals surface area contributed by atoms with Gasteiger partial charge in [-0.05, 0) is 54.6 Å². The maximum Gasteiger partial charge on any atom is 0.322 e. The number of urea groups is 1. The first-order valence-corrected chi connectivity index (χ1v) is 16.8. The number of amides is 3. The largest absolute Gasteiger partial charge is 0.368 e. The first-order valence-electron chi connectivity index (χ1n) is 16.4. The summed E-state index contributed by atoms with van der Waals surface area (Å²) in [6.07, 6.45) is 8.17. The third kappa shape index (κ3) is 8.15. The Kier molecular flexibility index (Phi) is 11.1. The molecule has 3 aromatic rings. The van der Waals surface area contributed by atoms with Crippen LogP contribution >= 0.6 is 12.2 Å². The van der Waals surface area contributed by atoms with Gasteiger partial charge in [-0.3, -0.25) is 14.7 Å². The van der Waals surface area contributed by atoms with Crippen molar-refractivity contribution in [3.63, 3.8) is 0 Å². The number of carbonyl (C=O) groups excluding carboxylic acids is 2. The molecule has 1 aliphatic carbocycles. The van der Waals surface area contributed by atoms with E-state index < -0.39 is 6.04 Å². The van der Waals surface area contributed by atoms with Crippen molar-refractivity contribution in [1.82, 2.24) is 25.8 Å². The van der Waals surface area contributed by atoms with Crippen LogP contribution < -0.4 is 25.8 Å². The third-order valence-corrected chi connectivity index (χ3v) is 9.43. The van der Waals surface area contributed by atoms with E-state index in [2.05, 4.69) is 57.1 Å². The molecule has 0 radical (unpaired) electrons. The Balaban J connectivity index is 1.24. The maximum atomic E-state index is 14.0. The molecule has 0 saturated heterocycles. The van der Waals surface area contributed by atoms with E-state index in [1.807, 2.05) is 68.3 Å². The van der Waals surface area contributed by atoms with Gasteiger partial charge in [0, 0.05) is 39.4 Å². The van der Waals surface area contributed by atoms with Crippen LogP contribution in [0.3, 0.4) is 0 Å². The number of rotatable bonds is 9. The normalized spacial score (nSPS) is 20.0. The molecule has 3 N–H and O–H groups in total. The van der Waals surface area contributed by atoms with Gasteiger partial charge in [0.1, 0.15) is 6.04 Å². The molecule has 3 amide bonds. The lowest BCUT2D eigenvalue weighted by Gasteiger charge is -2.43. The predicted octanol–water partition coefficient (Wildman–Crippen LogP) is 5.12. The summed E-state index contributed by atoms with van der Waals surface area (Å²) in [6.45, 7) is 5.12. The average molecular weight is 642 g/mol. The molecule has 0 spiro atoms. The summed E-state index contributed by atoms with van der Waals surface area (Å²) < 4.78 is 0. The summed E-state index contributed by atoms with van der Waals surface area (Å²) in [6, 6.07) is 21.7. The molecule has 2 aliphatic rings. The molecular weight excluding hydrogens is 595 g/mol.